The normalized spacial score (nSPS) is 13.2. The highest BCUT2D eigenvalue weighted by atomic mass is 16.5. The first-order valence-corrected chi connectivity index (χ1v) is 10.7. The average Bonchev–Trinajstić information content (AvgIpc) is 3.23. The number of benzene rings is 1. The van der Waals surface area contributed by atoms with E-state index >= 15 is 0 Å². The topological polar surface area (TPSA) is 134 Å². The largest absolute Gasteiger partial charge is 0.369 e. The zero-order valence-electron chi connectivity index (χ0n) is 18.0. The van der Waals surface area contributed by atoms with Crippen molar-refractivity contribution in [1.29, 1.82) is 5.26 Å². The smallest absolute Gasteiger partial charge is 0.259 e. The number of aromatic nitrogens is 3. The van der Waals surface area contributed by atoms with Gasteiger partial charge in [0.05, 0.1) is 17.7 Å². The first kappa shape index (κ1) is 21.5. The van der Waals surface area contributed by atoms with E-state index in [1.54, 1.807) is 12.3 Å². The van der Waals surface area contributed by atoms with E-state index in [2.05, 4.69) is 38.6 Å². The molecule has 0 aliphatic carbocycles. The summed E-state index contributed by atoms with van der Waals surface area (Å²) in [6.07, 6.45) is 4.10. The summed E-state index contributed by atoms with van der Waals surface area (Å²) in [5, 5.41) is 16.7. The quantitative estimate of drug-likeness (QED) is 0.607. The Morgan fingerprint density at radius 1 is 1.25 bits per heavy atom. The number of nitrogens with two attached hydrogens (primary N) is 1. The standard InChI is InChI=1S/C23H25N7O2/c1-2-7-26-21-18(12-24)11-19(14-27-21)23-28-22(29-32-23)17-4-3-15-5-8-30(20(31)13-25)9-6-16(15)10-17/h3-4,10-11,14H,2,5-9,13,25H2,1H3,(H,26,27). The third kappa shape index (κ3) is 4.45. The Balaban J connectivity index is 1.56. The second-order valence-electron chi connectivity index (χ2n) is 7.65. The molecular formula is C23H25N7O2. The van der Waals surface area contributed by atoms with E-state index in [4.69, 9.17) is 10.3 Å². The van der Waals surface area contributed by atoms with Crippen molar-refractivity contribution in [2.75, 3.05) is 31.5 Å². The predicted octanol–water partition coefficient (Wildman–Crippen LogP) is 2.38. The minimum absolute atomic E-state index is 0.0258. The van der Waals surface area contributed by atoms with E-state index in [-0.39, 0.29) is 12.5 Å². The van der Waals surface area contributed by atoms with Crippen molar-refractivity contribution in [3.8, 4) is 28.9 Å². The summed E-state index contributed by atoms with van der Waals surface area (Å²) in [6, 6.07) is 9.93. The number of pyridine rings is 1. The Kier molecular flexibility index (Phi) is 6.42. The Hall–Kier alpha value is -3.77. The molecule has 1 aromatic carbocycles. The molecule has 3 heterocycles. The van der Waals surface area contributed by atoms with Crippen molar-refractivity contribution in [3.63, 3.8) is 0 Å². The second-order valence-corrected chi connectivity index (χ2v) is 7.65. The number of nitrogens with one attached hydrogen (secondary N) is 1. The molecule has 0 bridgehead atoms. The summed E-state index contributed by atoms with van der Waals surface area (Å²) in [5.74, 6) is 1.29. The van der Waals surface area contributed by atoms with Crippen LogP contribution in [-0.2, 0) is 17.6 Å². The number of carbonyl (C=O) groups is 1. The van der Waals surface area contributed by atoms with E-state index in [1.165, 1.54) is 11.1 Å². The summed E-state index contributed by atoms with van der Waals surface area (Å²) >= 11 is 0. The molecule has 4 rings (SSSR count). The molecule has 0 saturated heterocycles. The van der Waals surface area contributed by atoms with Crippen LogP contribution >= 0.6 is 0 Å². The highest BCUT2D eigenvalue weighted by Crippen LogP contribution is 2.27. The first-order chi connectivity index (χ1) is 15.6. The molecule has 1 amide bonds. The molecule has 32 heavy (non-hydrogen) atoms. The molecule has 1 aliphatic heterocycles. The number of fused-ring (bicyclic) bond motifs is 1. The van der Waals surface area contributed by atoms with Crippen LogP contribution in [0.2, 0.25) is 0 Å². The highest BCUT2D eigenvalue weighted by Gasteiger charge is 2.19. The van der Waals surface area contributed by atoms with Gasteiger partial charge in [0.1, 0.15) is 11.9 Å². The van der Waals surface area contributed by atoms with Crippen LogP contribution < -0.4 is 11.1 Å². The maximum Gasteiger partial charge on any atom is 0.259 e. The van der Waals surface area contributed by atoms with E-state index in [0.717, 1.165) is 31.4 Å². The predicted molar refractivity (Wildman–Crippen MR) is 120 cm³/mol. The summed E-state index contributed by atoms with van der Waals surface area (Å²) in [6.45, 7) is 4.13. The lowest BCUT2D eigenvalue weighted by molar-refractivity contribution is -0.129. The molecule has 1 aliphatic rings. The zero-order valence-corrected chi connectivity index (χ0v) is 18.0. The lowest BCUT2D eigenvalue weighted by Gasteiger charge is -2.18. The Morgan fingerprint density at radius 3 is 2.81 bits per heavy atom. The van der Waals surface area contributed by atoms with Crippen LogP contribution in [-0.4, -0.2) is 52.1 Å². The lowest BCUT2D eigenvalue weighted by atomic mass is 10.00. The van der Waals surface area contributed by atoms with Crippen LogP contribution in [0.15, 0.2) is 35.0 Å². The molecule has 2 aromatic heterocycles. The van der Waals surface area contributed by atoms with Gasteiger partial charge in [-0.05, 0) is 42.5 Å². The average molecular weight is 432 g/mol. The number of nitrogens with zero attached hydrogens (tertiary/aromatic N) is 5. The molecule has 0 spiro atoms. The molecule has 3 N–H and O–H groups in total. The molecular weight excluding hydrogens is 406 g/mol. The monoisotopic (exact) mass is 431 g/mol. The molecule has 0 atom stereocenters. The number of hydrogen-bond donors (Lipinski definition) is 2. The number of hydrogen-bond acceptors (Lipinski definition) is 8. The third-order valence-corrected chi connectivity index (χ3v) is 5.52. The van der Waals surface area contributed by atoms with Gasteiger partial charge in [0.25, 0.3) is 5.89 Å². The second kappa shape index (κ2) is 9.58. The Bertz CT molecular complexity index is 1170. The fourth-order valence-corrected chi connectivity index (χ4v) is 3.75. The summed E-state index contributed by atoms with van der Waals surface area (Å²) in [5.41, 5.74) is 9.75. The minimum Gasteiger partial charge on any atom is -0.369 e. The zero-order chi connectivity index (χ0) is 22.5. The number of anilines is 1. The van der Waals surface area contributed by atoms with Gasteiger partial charge in [-0.25, -0.2) is 4.98 Å². The van der Waals surface area contributed by atoms with E-state index in [1.807, 2.05) is 17.9 Å². The van der Waals surface area contributed by atoms with E-state index in [0.29, 0.717) is 41.7 Å². The van der Waals surface area contributed by atoms with Crippen LogP contribution in [0.3, 0.4) is 0 Å². The van der Waals surface area contributed by atoms with Gasteiger partial charge in [-0.2, -0.15) is 10.2 Å². The van der Waals surface area contributed by atoms with Crippen molar-refractivity contribution in [2.24, 2.45) is 5.73 Å². The first-order valence-electron chi connectivity index (χ1n) is 10.7. The Labute approximate surface area is 186 Å². The van der Waals surface area contributed by atoms with Crippen LogP contribution in [0.4, 0.5) is 5.82 Å². The summed E-state index contributed by atoms with van der Waals surface area (Å²) < 4.78 is 5.46. The summed E-state index contributed by atoms with van der Waals surface area (Å²) in [7, 11) is 0. The van der Waals surface area contributed by atoms with Crippen molar-refractivity contribution in [3.05, 3.63) is 47.2 Å². The number of nitriles is 1. The van der Waals surface area contributed by atoms with Gasteiger partial charge < -0.3 is 20.5 Å². The molecule has 9 nitrogen and oxygen atoms in total. The van der Waals surface area contributed by atoms with Gasteiger partial charge >= 0.3 is 0 Å². The molecule has 0 fully saturated rings. The van der Waals surface area contributed by atoms with Crippen LogP contribution in [0.1, 0.15) is 30.0 Å². The lowest BCUT2D eigenvalue weighted by Crippen LogP contribution is -2.37. The molecule has 0 radical (unpaired) electrons. The number of amides is 1. The molecule has 0 unspecified atom stereocenters. The van der Waals surface area contributed by atoms with Gasteiger partial charge in [-0.3, -0.25) is 4.79 Å². The minimum atomic E-state index is -0.0258. The van der Waals surface area contributed by atoms with Crippen LogP contribution in [0.5, 0.6) is 0 Å². The SMILES string of the molecule is CCCNc1ncc(-c2nc(-c3ccc4c(c3)CCN(C(=O)CN)CC4)no2)cc1C#N. The van der Waals surface area contributed by atoms with Gasteiger partial charge in [0, 0.05) is 31.4 Å². The van der Waals surface area contributed by atoms with Crippen molar-refractivity contribution in [2.45, 2.75) is 26.2 Å². The third-order valence-electron chi connectivity index (χ3n) is 5.52. The van der Waals surface area contributed by atoms with Crippen LogP contribution in [0.25, 0.3) is 22.8 Å². The van der Waals surface area contributed by atoms with Crippen LogP contribution in [0, 0.1) is 11.3 Å². The van der Waals surface area contributed by atoms with Gasteiger partial charge in [0.15, 0.2) is 0 Å². The van der Waals surface area contributed by atoms with E-state index in [9.17, 15) is 10.1 Å². The molecule has 3 aromatic rings. The highest BCUT2D eigenvalue weighted by molar-refractivity contribution is 5.78. The Morgan fingerprint density at radius 2 is 2.06 bits per heavy atom. The number of carbonyl (C=O) groups excluding carboxylic acids is 1. The molecule has 164 valence electrons. The van der Waals surface area contributed by atoms with Crippen molar-refractivity contribution >= 4 is 11.7 Å². The van der Waals surface area contributed by atoms with Gasteiger partial charge in [-0.1, -0.05) is 24.2 Å². The maximum absolute atomic E-state index is 12.0. The number of rotatable bonds is 6. The fraction of sp³-hybridized carbons (Fsp3) is 0.348. The van der Waals surface area contributed by atoms with E-state index < -0.39 is 0 Å². The molecule has 0 saturated carbocycles. The van der Waals surface area contributed by atoms with Gasteiger partial charge in [-0.15, -0.1) is 0 Å². The van der Waals surface area contributed by atoms with Crippen molar-refractivity contribution < 1.29 is 9.32 Å². The maximum atomic E-state index is 12.0. The van der Waals surface area contributed by atoms with Crippen molar-refractivity contribution in [1.82, 2.24) is 20.0 Å². The fourth-order valence-electron chi connectivity index (χ4n) is 3.75. The van der Waals surface area contributed by atoms with Gasteiger partial charge in [0.2, 0.25) is 11.7 Å². The summed E-state index contributed by atoms with van der Waals surface area (Å²) in [4.78, 5) is 22.6. The molecule has 9 heteroatoms.